The van der Waals surface area contributed by atoms with E-state index in [1.807, 2.05) is 36.4 Å². The minimum Gasteiger partial charge on any atom is -0.295 e. The van der Waals surface area contributed by atoms with Crippen LogP contribution >= 0.6 is 0 Å². The molecule has 714 valence electrons. The summed E-state index contributed by atoms with van der Waals surface area (Å²) in [7, 11) is 0. The molecule has 0 N–H and O–H groups in total. The van der Waals surface area contributed by atoms with Crippen molar-refractivity contribution >= 4 is 63.6 Å². The van der Waals surface area contributed by atoms with E-state index in [0.29, 0.717) is 103 Å². The van der Waals surface area contributed by atoms with Crippen LogP contribution in [-0.4, -0.2) is 133 Å². The van der Waals surface area contributed by atoms with Crippen molar-refractivity contribution in [2.24, 2.45) is 56.3 Å². The monoisotopic (exact) mass is 1900 g/mol. The maximum Gasteiger partial charge on any atom is 0.179 e. The number of allylic oxidation sites excluding steroid dienone is 7. The Balaban J connectivity index is 0.000000770. The van der Waals surface area contributed by atoms with Crippen LogP contribution in [0.5, 0.6) is 0 Å². The van der Waals surface area contributed by atoms with Gasteiger partial charge in [-0.3, -0.25) is 77.7 Å². The summed E-state index contributed by atoms with van der Waals surface area (Å²) in [6.07, 6.45) is 30.9. The summed E-state index contributed by atoms with van der Waals surface area (Å²) in [4.78, 5) is 188. The smallest absolute Gasteiger partial charge is 0.179 e. The Morgan fingerprint density at radius 3 is 1.24 bits per heavy atom. The third-order valence-corrected chi connectivity index (χ3v) is 17.4. The van der Waals surface area contributed by atoms with Crippen molar-refractivity contribution in [3.63, 3.8) is 0 Å². The normalized spacial score (nSPS) is 10.5. The number of hydrogen-bond donors (Lipinski definition) is 0. The van der Waals surface area contributed by atoms with E-state index >= 15 is 0 Å². The molecule has 0 bridgehead atoms. The Kier molecular flexibility index (Phi) is 60.0. The lowest BCUT2D eigenvalue weighted by Crippen LogP contribution is -2.04. The lowest BCUT2D eigenvalue weighted by Gasteiger charge is -2.01. The first kappa shape index (κ1) is 118. The van der Waals surface area contributed by atoms with Gasteiger partial charge in [0.25, 0.3) is 0 Å². The molecular weight excluding hydrogens is 1810 g/mol. The average molecular weight is 1900 g/mol. The number of nitrogens with zero attached hydrogens (tertiary/aromatic N) is 43. The minimum atomic E-state index is -0.184. The summed E-state index contributed by atoms with van der Waals surface area (Å²) >= 11 is 0. The Bertz CT molecular complexity index is 5690. The molecule has 3 aliphatic carbocycles. The summed E-state index contributed by atoms with van der Waals surface area (Å²) < 4.78 is 0. The van der Waals surface area contributed by atoms with Crippen molar-refractivity contribution in [2.45, 2.75) is 148 Å². The number of carbonyl (C=O) groups excluding carboxylic acids is 11. The molecule has 54 heteroatoms. The topological polar surface area (TPSA) is 853 Å². The highest BCUT2D eigenvalue weighted by atomic mass is 16.2. The standard InChI is InChI=1S/C9H9N3O.4C8H8N4O.3C8H9N3O.3C7H7N5O/c1-7(13)9-5-3-2-4-8(9)6-11-12-10;1-6(13)8-2-3-10-4-7(8)5-11-12-9;1-6(13)8-5-10-3-2-7(8)4-11-12-9;1-6(13)7-3-2-4-10-8(7)5-11-12-9;1-6(13)8-7(5-11-12-9)3-2-4-10-8;3*1-6(12)8-4-2-3-7(8)5-10-11-9;1-5(13)6-2-9-4-10-7(6)3-11-12-8;1-5(13)7-6(3-11-12-8)2-9-4-10-7;1-5(13)7-6(4-11-12-8)9-2-3-10-7/h2-5H,6H2,1H3;2-4H,5H2,1H3;2-3,5H,4H2,1H3;2*2-4H,5H2,1H3;3-4H,2,5H2,1H3;2,4H,3,5H2,1H3;2-3H,4-5H2,1H3;2*2,4H,3H2,1H3;2-3H,4H2,1H3. The van der Waals surface area contributed by atoms with Gasteiger partial charge in [0.2, 0.25) is 0 Å². The zero-order valence-electron chi connectivity index (χ0n) is 77.3. The molecule has 11 rings (SSSR count). The van der Waals surface area contributed by atoms with E-state index in [2.05, 4.69) is 160 Å². The van der Waals surface area contributed by atoms with E-state index < -0.39 is 0 Å². The molecule has 0 spiro atoms. The maximum absolute atomic E-state index is 11.1. The van der Waals surface area contributed by atoms with E-state index in [9.17, 15) is 52.7 Å². The van der Waals surface area contributed by atoms with Gasteiger partial charge in [-0.05, 0) is 205 Å². The fraction of sp³-hybridized carbons (Fsp3) is 0.291. The van der Waals surface area contributed by atoms with Crippen molar-refractivity contribution in [2.75, 3.05) is 19.6 Å². The summed E-state index contributed by atoms with van der Waals surface area (Å²) in [6, 6.07) is 17.2. The van der Waals surface area contributed by atoms with Crippen LogP contribution in [0.4, 0.5) is 0 Å². The molecular formula is C86H89N43O11. The molecule has 54 nitrogen and oxygen atoms in total. The van der Waals surface area contributed by atoms with Gasteiger partial charge in [0.15, 0.2) is 63.6 Å². The van der Waals surface area contributed by atoms with E-state index in [1.54, 1.807) is 73.1 Å². The van der Waals surface area contributed by atoms with Gasteiger partial charge in [-0.1, -0.05) is 123 Å². The summed E-state index contributed by atoms with van der Waals surface area (Å²) in [5, 5.41) is 37.1. The Labute approximate surface area is 796 Å². The molecule has 140 heavy (non-hydrogen) atoms. The molecule has 8 aromatic rings. The molecule has 0 aliphatic heterocycles. The highest BCUT2D eigenvalue weighted by molar-refractivity contribution is 6.01. The third-order valence-electron chi connectivity index (χ3n) is 17.4. The van der Waals surface area contributed by atoms with Crippen molar-refractivity contribution in [1.29, 1.82) is 0 Å². The molecule has 3 aliphatic rings. The van der Waals surface area contributed by atoms with Crippen LogP contribution in [0.3, 0.4) is 0 Å². The van der Waals surface area contributed by atoms with Gasteiger partial charge in [0.05, 0.1) is 88.1 Å². The van der Waals surface area contributed by atoms with Crippen LogP contribution in [0.2, 0.25) is 0 Å². The number of Topliss-reactive ketones (excluding diaryl/α,β-unsaturated/α-hetero) is 11. The van der Waals surface area contributed by atoms with Gasteiger partial charge in [-0.15, -0.1) is 0 Å². The predicted octanol–water partition coefficient (Wildman–Crippen LogP) is 22.0. The van der Waals surface area contributed by atoms with Gasteiger partial charge >= 0.3 is 0 Å². The van der Waals surface area contributed by atoms with Crippen LogP contribution in [0.1, 0.15) is 224 Å². The third kappa shape index (κ3) is 46.9. The molecule has 0 atom stereocenters. The van der Waals surface area contributed by atoms with Crippen LogP contribution in [-0.2, 0) is 66.7 Å². The average Bonchev–Trinajstić information content (AvgIpc) is 1.75. The van der Waals surface area contributed by atoms with Gasteiger partial charge < -0.3 is 0 Å². The summed E-state index contributed by atoms with van der Waals surface area (Å²) in [5.41, 5.74) is 102. The molecule has 0 radical (unpaired) electrons. The lowest BCUT2D eigenvalue weighted by atomic mass is 10.1. The van der Waals surface area contributed by atoms with Crippen LogP contribution in [0, 0.1) is 0 Å². The van der Waals surface area contributed by atoms with Gasteiger partial charge in [-0.2, -0.15) is 0 Å². The van der Waals surface area contributed by atoms with Crippen molar-refractivity contribution in [1.82, 2.24) is 49.8 Å². The fourth-order valence-electron chi connectivity index (χ4n) is 11.3. The second-order valence-corrected chi connectivity index (χ2v) is 27.1. The van der Waals surface area contributed by atoms with Gasteiger partial charge in [0, 0.05) is 188 Å². The maximum atomic E-state index is 11.1. The van der Waals surface area contributed by atoms with E-state index in [4.69, 9.17) is 60.8 Å². The van der Waals surface area contributed by atoms with Crippen molar-refractivity contribution in [3.8, 4) is 0 Å². The second kappa shape index (κ2) is 71.0. The number of carbonyl (C=O) groups is 11. The molecule has 7 heterocycles. The molecule has 0 fully saturated rings. The first-order valence-corrected chi connectivity index (χ1v) is 40.4. The number of pyridine rings is 4. The number of ketones is 11. The lowest BCUT2D eigenvalue weighted by molar-refractivity contribution is -0.114. The van der Waals surface area contributed by atoms with E-state index in [1.165, 1.54) is 138 Å². The van der Waals surface area contributed by atoms with E-state index in [-0.39, 0.29) is 135 Å². The first-order chi connectivity index (χ1) is 67.3. The largest absolute Gasteiger partial charge is 0.295 e. The van der Waals surface area contributed by atoms with Gasteiger partial charge in [-0.25, -0.2) is 24.9 Å². The summed E-state index contributed by atoms with van der Waals surface area (Å²) in [5.74, 6) is -0.682. The minimum absolute atomic E-state index is 0.0104. The van der Waals surface area contributed by atoms with Crippen LogP contribution < -0.4 is 0 Å². The predicted molar refractivity (Wildman–Crippen MR) is 509 cm³/mol. The first-order valence-electron chi connectivity index (χ1n) is 40.4. The zero-order valence-corrected chi connectivity index (χ0v) is 77.3. The Morgan fingerprint density at radius 1 is 0.286 bits per heavy atom. The quantitative estimate of drug-likeness (QED) is 0.0159. The summed E-state index contributed by atoms with van der Waals surface area (Å²) in [6.45, 7) is 18.0. The number of benzene rings is 1. The SMILES string of the molecule is CC(=O)C1=C(CN=[N+]=[N-])C=CC1.CC(=O)C1=C(CN=[N+]=[N-])CC=C1.CC(=O)C1=CCC=C1CN=[N+]=[N-].CC(=O)c1ccccc1CN=[N+]=[N-].CC(=O)c1cccnc1CN=[N+]=[N-].CC(=O)c1ccncc1CN=[N+]=[N-].CC(=O)c1cnccc1CN=[N+]=[N-].CC(=O)c1cncnc1CN=[N+]=[N-].CC(=O)c1ncccc1CN=[N+]=[N-].CC(=O)c1nccnc1CN=[N+]=[N-].CC(=O)c1ncncc1CN=[N+]=[N-]. The highest BCUT2D eigenvalue weighted by Gasteiger charge is 2.17. The molecule has 0 amide bonds. The van der Waals surface area contributed by atoms with Crippen LogP contribution in [0.15, 0.2) is 261 Å². The fourth-order valence-corrected chi connectivity index (χ4v) is 11.3. The Hall–Kier alpha value is -19.7. The van der Waals surface area contributed by atoms with Gasteiger partial charge in [0.1, 0.15) is 29.7 Å². The van der Waals surface area contributed by atoms with Crippen molar-refractivity contribution < 1.29 is 52.7 Å². The van der Waals surface area contributed by atoms with Crippen molar-refractivity contribution in [3.05, 3.63) is 410 Å². The number of azide groups is 11. The number of rotatable bonds is 33. The number of aromatic nitrogens is 10. The molecule has 7 aromatic heterocycles. The molecule has 0 unspecified atom stereocenters. The molecule has 0 saturated heterocycles. The molecule has 0 saturated carbocycles. The number of hydrogen-bond acceptors (Lipinski definition) is 32. The molecule has 1 aromatic carbocycles. The zero-order chi connectivity index (χ0) is 104. The van der Waals surface area contributed by atoms with E-state index in [0.717, 1.165) is 40.7 Å². The Morgan fingerprint density at radius 2 is 0.686 bits per heavy atom. The second-order valence-electron chi connectivity index (χ2n) is 27.1. The highest BCUT2D eigenvalue weighted by Crippen LogP contribution is 2.24. The van der Waals surface area contributed by atoms with Crippen LogP contribution in [0.25, 0.3) is 115 Å².